The maximum absolute atomic E-state index is 12.9. The van der Waals surface area contributed by atoms with Crippen LogP contribution in [0.1, 0.15) is 29.2 Å². The van der Waals surface area contributed by atoms with Crippen LogP contribution in [0.5, 0.6) is 0 Å². The second kappa shape index (κ2) is 9.10. The van der Waals surface area contributed by atoms with Crippen molar-refractivity contribution >= 4 is 35.1 Å². The van der Waals surface area contributed by atoms with Crippen LogP contribution in [-0.2, 0) is 9.53 Å². The zero-order valence-corrected chi connectivity index (χ0v) is 18.8. The Morgan fingerprint density at radius 2 is 1.56 bits per heavy atom. The predicted octanol–water partition coefficient (Wildman–Crippen LogP) is 6.26. The third kappa shape index (κ3) is 4.57. The van der Waals surface area contributed by atoms with Crippen LogP contribution >= 0.6 is 0 Å². The van der Waals surface area contributed by atoms with Gasteiger partial charge in [0.25, 0.3) is 5.91 Å². The molecule has 1 aliphatic heterocycles. The van der Waals surface area contributed by atoms with Crippen molar-refractivity contribution in [1.82, 2.24) is 4.90 Å². The van der Waals surface area contributed by atoms with Gasteiger partial charge in [0, 0.05) is 17.9 Å². The lowest BCUT2D eigenvalue weighted by Gasteiger charge is -2.12. The summed E-state index contributed by atoms with van der Waals surface area (Å²) in [4.78, 5) is 19.2. The molecule has 162 valence electrons. The number of amidine groups is 1. The van der Waals surface area contributed by atoms with Gasteiger partial charge in [-0.3, -0.25) is 9.69 Å². The van der Waals surface area contributed by atoms with Crippen molar-refractivity contribution in [3.63, 3.8) is 0 Å². The summed E-state index contributed by atoms with van der Waals surface area (Å²) in [6.45, 7) is 8.51. The Morgan fingerprint density at radius 1 is 0.938 bits per heavy atom. The first kappa shape index (κ1) is 21.4. The fraction of sp³-hybridized carbons (Fsp3) is 0.185. The number of aliphatic imine (C=N–C) groups is 1. The minimum absolute atomic E-state index is 0.180. The largest absolute Gasteiger partial charge is 0.419 e. The molecule has 0 unspecified atom stereocenters. The Balaban J connectivity index is 1.57. The van der Waals surface area contributed by atoms with E-state index in [1.54, 1.807) is 11.0 Å². The maximum Gasteiger partial charge on any atom is 0.305 e. The molecule has 0 saturated carbocycles. The van der Waals surface area contributed by atoms with Gasteiger partial charge < -0.3 is 10.1 Å². The molecule has 5 heteroatoms. The Morgan fingerprint density at radius 3 is 2.19 bits per heavy atom. The van der Waals surface area contributed by atoms with E-state index in [9.17, 15) is 4.79 Å². The zero-order chi connectivity index (χ0) is 22.7. The lowest BCUT2D eigenvalue weighted by molar-refractivity contribution is -0.122. The smallest absolute Gasteiger partial charge is 0.305 e. The molecule has 1 aliphatic rings. The third-order valence-corrected chi connectivity index (χ3v) is 5.32. The number of benzene rings is 3. The summed E-state index contributed by atoms with van der Waals surface area (Å²) in [5.74, 6) is 0.0944. The molecular formula is C27H27N3O2. The van der Waals surface area contributed by atoms with Crippen LogP contribution in [0.25, 0.3) is 6.08 Å². The number of carbonyl (C=O) groups excluding carboxylic acids is 1. The maximum atomic E-state index is 12.9. The molecule has 3 aromatic rings. The second-order valence-electron chi connectivity index (χ2n) is 7.91. The minimum Gasteiger partial charge on any atom is -0.419 e. The summed E-state index contributed by atoms with van der Waals surface area (Å²) < 4.78 is 5.92. The van der Waals surface area contributed by atoms with Gasteiger partial charge in [0.15, 0.2) is 5.76 Å². The van der Waals surface area contributed by atoms with Crippen molar-refractivity contribution in [3.05, 3.63) is 94.7 Å². The predicted molar refractivity (Wildman–Crippen MR) is 130 cm³/mol. The molecule has 32 heavy (non-hydrogen) atoms. The quantitative estimate of drug-likeness (QED) is 0.491. The van der Waals surface area contributed by atoms with Gasteiger partial charge in [0.1, 0.15) is 0 Å². The molecule has 1 N–H and O–H groups in total. The van der Waals surface area contributed by atoms with E-state index in [-0.39, 0.29) is 11.7 Å². The number of carbonyl (C=O) groups is 1. The fourth-order valence-corrected chi connectivity index (χ4v) is 3.82. The summed E-state index contributed by atoms with van der Waals surface area (Å²) in [5.41, 5.74) is 7.02. The molecular weight excluding hydrogens is 398 g/mol. The molecule has 1 amide bonds. The number of hydrogen-bond donors (Lipinski definition) is 1. The number of hydrogen-bond acceptors (Lipinski definition) is 4. The summed E-state index contributed by atoms with van der Waals surface area (Å²) in [5, 5.41) is 3.35. The normalized spacial score (nSPS) is 16.0. The Labute approximate surface area is 189 Å². The van der Waals surface area contributed by atoms with E-state index in [4.69, 9.17) is 9.73 Å². The van der Waals surface area contributed by atoms with E-state index in [1.807, 2.05) is 75.4 Å². The van der Waals surface area contributed by atoms with Gasteiger partial charge in [0.05, 0.1) is 5.69 Å². The van der Waals surface area contributed by atoms with Gasteiger partial charge in [-0.2, -0.15) is 4.99 Å². The highest BCUT2D eigenvalue weighted by atomic mass is 16.5. The minimum atomic E-state index is -0.180. The molecule has 4 rings (SSSR count). The van der Waals surface area contributed by atoms with Gasteiger partial charge in [-0.25, -0.2) is 0 Å². The summed E-state index contributed by atoms with van der Waals surface area (Å²) in [6, 6.07) is 22.3. The lowest BCUT2D eigenvalue weighted by atomic mass is 10.1. The molecule has 0 spiro atoms. The van der Waals surface area contributed by atoms with Crippen LogP contribution in [0, 0.1) is 20.8 Å². The first-order valence-electron chi connectivity index (χ1n) is 10.7. The van der Waals surface area contributed by atoms with Gasteiger partial charge in [-0.15, -0.1) is 0 Å². The highest BCUT2D eigenvalue weighted by Crippen LogP contribution is 2.29. The van der Waals surface area contributed by atoms with E-state index in [0.29, 0.717) is 12.6 Å². The monoisotopic (exact) mass is 425 g/mol. The molecule has 0 aromatic heterocycles. The van der Waals surface area contributed by atoms with Crippen LogP contribution in [0.3, 0.4) is 0 Å². The first-order chi connectivity index (χ1) is 15.4. The number of aryl methyl sites for hydroxylation is 3. The van der Waals surface area contributed by atoms with Crippen LogP contribution < -0.4 is 5.32 Å². The van der Waals surface area contributed by atoms with Gasteiger partial charge >= 0.3 is 6.02 Å². The summed E-state index contributed by atoms with van der Waals surface area (Å²) in [7, 11) is 0. The van der Waals surface area contributed by atoms with Crippen molar-refractivity contribution in [2.75, 3.05) is 11.9 Å². The van der Waals surface area contributed by atoms with Gasteiger partial charge in [0.2, 0.25) is 0 Å². The Kier molecular flexibility index (Phi) is 6.08. The molecule has 0 aliphatic carbocycles. The molecule has 1 saturated heterocycles. The summed E-state index contributed by atoms with van der Waals surface area (Å²) in [6.07, 6.45) is 1.76. The van der Waals surface area contributed by atoms with Crippen molar-refractivity contribution < 1.29 is 9.53 Å². The van der Waals surface area contributed by atoms with Crippen molar-refractivity contribution in [2.24, 2.45) is 4.99 Å². The van der Waals surface area contributed by atoms with Crippen LogP contribution in [0.4, 0.5) is 17.1 Å². The molecule has 1 fully saturated rings. The Hall–Kier alpha value is -3.86. The number of likely N-dealkylation sites (N-methyl/N-ethyl adjacent to an activating group) is 1. The van der Waals surface area contributed by atoms with Crippen molar-refractivity contribution in [3.8, 4) is 0 Å². The van der Waals surface area contributed by atoms with E-state index < -0.39 is 0 Å². The van der Waals surface area contributed by atoms with E-state index in [1.165, 1.54) is 5.56 Å². The topological polar surface area (TPSA) is 53.9 Å². The van der Waals surface area contributed by atoms with E-state index >= 15 is 0 Å². The van der Waals surface area contributed by atoms with Gasteiger partial charge in [-0.05, 0) is 74.7 Å². The number of rotatable bonds is 5. The number of nitrogens with zero attached hydrogens (tertiary/aromatic N) is 2. The Bertz CT molecular complexity index is 1170. The number of ether oxygens (including phenoxy) is 1. The number of nitrogens with one attached hydrogen (secondary N) is 1. The van der Waals surface area contributed by atoms with Gasteiger partial charge in [-0.1, -0.05) is 48.0 Å². The van der Waals surface area contributed by atoms with E-state index in [0.717, 1.165) is 33.8 Å². The molecule has 5 nitrogen and oxygen atoms in total. The molecule has 0 radical (unpaired) electrons. The van der Waals surface area contributed by atoms with Crippen molar-refractivity contribution in [1.29, 1.82) is 0 Å². The zero-order valence-electron chi connectivity index (χ0n) is 18.8. The average molecular weight is 426 g/mol. The molecule has 0 bridgehead atoms. The second-order valence-corrected chi connectivity index (χ2v) is 7.91. The fourth-order valence-electron chi connectivity index (χ4n) is 3.82. The third-order valence-electron chi connectivity index (χ3n) is 5.32. The van der Waals surface area contributed by atoms with Crippen LogP contribution in [0.2, 0.25) is 0 Å². The molecule has 0 atom stereocenters. The molecule has 3 aromatic carbocycles. The molecule has 1 heterocycles. The average Bonchev–Trinajstić information content (AvgIpc) is 3.07. The SMILES string of the molecule is CCN1C(=O)/C(=C\c2ccc(Nc3ccccc3)cc2)OC1=Nc1c(C)cc(C)cc1C. The number of anilines is 2. The number of para-hydroxylation sites is 1. The standard InChI is InChI=1S/C27H27N3O2/c1-5-30-26(31)24(32-27(30)29-25-19(3)15-18(2)16-20(25)4)17-21-11-13-23(14-12-21)28-22-9-7-6-8-10-22/h6-17,28H,5H2,1-4H3/b24-17+,29-27?. The van der Waals surface area contributed by atoms with Crippen LogP contribution in [-0.4, -0.2) is 23.4 Å². The van der Waals surface area contributed by atoms with Crippen molar-refractivity contribution in [2.45, 2.75) is 27.7 Å². The summed E-state index contributed by atoms with van der Waals surface area (Å²) >= 11 is 0. The lowest BCUT2D eigenvalue weighted by Crippen LogP contribution is -2.29. The van der Waals surface area contributed by atoms with Crippen LogP contribution in [0.15, 0.2) is 77.5 Å². The van der Waals surface area contributed by atoms with E-state index in [2.05, 4.69) is 24.4 Å². The number of amides is 1. The first-order valence-corrected chi connectivity index (χ1v) is 10.7. The highest BCUT2D eigenvalue weighted by molar-refractivity contribution is 6.11. The highest BCUT2D eigenvalue weighted by Gasteiger charge is 2.34.